The lowest BCUT2D eigenvalue weighted by Crippen LogP contribution is -2.24. The summed E-state index contributed by atoms with van der Waals surface area (Å²) in [6.07, 6.45) is 3.51. The van der Waals surface area contributed by atoms with Crippen LogP contribution < -0.4 is 19.1 Å². The minimum absolute atomic E-state index is 0.0111. The summed E-state index contributed by atoms with van der Waals surface area (Å²) in [5.41, 5.74) is 5.93. The summed E-state index contributed by atoms with van der Waals surface area (Å²) in [6.45, 7) is 5.06. The van der Waals surface area contributed by atoms with Gasteiger partial charge in [-0.15, -0.1) is 0 Å². The van der Waals surface area contributed by atoms with Crippen molar-refractivity contribution in [2.24, 2.45) is 0 Å². The monoisotopic (exact) mass is 618 g/mol. The van der Waals surface area contributed by atoms with Gasteiger partial charge in [-0.3, -0.25) is 9.71 Å². The molecule has 0 atom stereocenters. The molecule has 8 nitrogen and oxygen atoms in total. The lowest BCUT2D eigenvalue weighted by atomic mass is 10.1. The van der Waals surface area contributed by atoms with Gasteiger partial charge in [0.05, 0.1) is 23.1 Å². The number of ether oxygens (including phenoxy) is 2. The number of sulfonamides is 1. The molecular weight excluding hydrogens is 584 g/mol. The number of nitriles is 1. The Morgan fingerprint density at radius 3 is 2.18 bits per heavy atom. The van der Waals surface area contributed by atoms with Gasteiger partial charge in [0.25, 0.3) is 0 Å². The third-order valence-corrected chi connectivity index (χ3v) is 8.51. The van der Waals surface area contributed by atoms with Crippen LogP contribution in [-0.2, 0) is 29.7 Å². The molecule has 1 heterocycles. The van der Waals surface area contributed by atoms with Crippen LogP contribution in [0, 0.1) is 18.3 Å². The highest BCUT2D eigenvalue weighted by atomic mass is 32.2. The van der Waals surface area contributed by atoms with E-state index in [2.05, 4.69) is 20.7 Å². The maximum Gasteiger partial charge on any atom is 0.232 e. The van der Waals surface area contributed by atoms with Crippen LogP contribution in [0.2, 0.25) is 0 Å². The van der Waals surface area contributed by atoms with Gasteiger partial charge in [0, 0.05) is 42.8 Å². The van der Waals surface area contributed by atoms with Gasteiger partial charge in [-0.25, -0.2) is 8.42 Å². The predicted molar refractivity (Wildman–Crippen MR) is 177 cm³/mol. The number of pyridine rings is 1. The normalized spacial score (nSPS) is 11.0. The first kappa shape index (κ1) is 31.1. The first-order chi connectivity index (χ1) is 21.8. The van der Waals surface area contributed by atoms with Crippen molar-refractivity contribution < 1.29 is 17.9 Å². The Balaban J connectivity index is 1.33. The summed E-state index contributed by atoms with van der Waals surface area (Å²) in [5, 5.41) is 9.22. The van der Waals surface area contributed by atoms with Crippen LogP contribution in [0.5, 0.6) is 17.2 Å². The van der Waals surface area contributed by atoms with E-state index in [4.69, 9.17) is 9.47 Å². The molecule has 0 aliphatic carbocycles. The molecule has 0 spiro atoms. The van der Waals surface area contributed by atoms with Gasteiger partial charge >= 0.3 is 0 Å². The smallest absolute Gasteiger partial charge is 0.232 e. The van der Waals surface area contributed by atoms with Crippen molar-refractivity contribution in [2.45, 2.75) is 33.5 Å². The zero-order chi connectivity index (χ0) is 31.6. The van der Waals surface area contributed by atoms with Crippen molar-refractivity contribution in [1.29, 1.82) is 5.26 Å². The van der Waals surface area contributed by atoms with E-state index in [0.717, 1.165) is 27.9 Å². The molecule has 5 rings (SSSR count). The molecule has 1 aromatic heterocycles. The zero-order valence-electron chi connectivity index (χ0n) is 25.2. The Hall–Kier alpha value is -5.33. The molecule has 0 bridgehead atoms. The summed E-state index contributed by atoms with van der Waals surface area (Å²) in [7, 11) is -3.44. The second-order valence-electron chi connectivity index (χ2n) is 10.5. The van der Waals surface area contributed by atoms with Crippen molar-refractivity contribution in [3.05, 3.63) is 143 Å². The van der Waals surface area contributed by atoms with E-state index >= 15 is 0 Å². The molecule has 0 unspecified atom stereocenters. The van der Waals surface area contributed by atoms with Crippen LogP contribution in [0.4, 0.5) is 11.4 Å². The zero-order valence-corrected chi connectivity index (χ0v) is 26.0. The molecule has 0 saturated heterocycles. The Kier molecular flexibility index (Phi) is 9.97. The SMILES string of the molecule is CCS(=O)(=O)Nc1cccc(N(Cc2ccc(C#N)cc2)Cc2ccc(Oc3cccc(OCc4cccnc4)c3)cc2)c1C. The molecule has 0 radical (unpaired) electrons. The van der Waals surface area contributed by atoms with Gasteiger partial charge < -0.3 is 14.4 Å². The highest BCUT2D eigenvalue weighted by Crippen LogP contribution is 2.31. The summed E-state index contributed by atoms with van der Waals surface area (Å²) in [4.78, 5) is 6.31. The molecule has 0 aliphatic heterocycles. The number of rotatable bonds is 13. The first-order valence-electron chi connectivity index (χ1n) is 14.5. The maximum absolute atomic E-state index is 12.3. The Bertz CT molecular complexity index is 1870. The van der Waals surface area contributed by atoms with Crippen LogP contribution in [-0.4, -0.2) is 19.2 Å². The van der Waals surface area contributed by atoms with Crippen LogP contribution in [0.3, 0.4) is 0 Å². The average molecular weight is 619 g/mol. The van der Waals surface area contributed by atoms with Crippen LogP contribution >= 0.6 is 0 Å². The van der Waals surface area contributed by atoms with Gasteiger partial charge in [0.1, 0.15) is 23.9 Å². The van der Waals surface area contributed by atoms with Crippen LogP contribution in [0.25, 0.3) is 0 Å². The van der Waals surface area contributed by atoms with E-state index < -0.39 is 10.0 Å². The van der Waals surface area contributed by atoms with Crippen molar-refractivity contribution in [1.82, 2.24) is 4.98 Å². The Labute approximate surface area is 264 Å². The van der Waals surface area contributed by atoms with Gasteiger partial charge in [0.2, 0.25) is 10.0 Å². The van der Waals surface area contributed by atoms with Crippen LogP contribution in [0.1, 0.15) is 34.7 Å². The van der Waals surface area contributed by atoms with Crippen molar-refractivity contribution in [3.8, 4) is 23.3 Å². The minimum Gasteiger partial charge on any atom is -0.489 e. The topological polar surface area (TPSA) is 105 Å². The average Bonchev–Trinajstić information content (AvgIpc) is 3.06. The number of aromatic nitrogens is 1. The van der Waals surface area contributed by atoms with Crippen molar-refractivity contribution in [3.63, 3.8) is 0 Å². The van der Waals surface area contributed by atoms with Gasteiger partial charge in [-0.2, -0.15) is 5.26 Å². The fourth-order valence-corrected chi connectivity index (χ4v) is 5.45. The van der Waals surface area contributed by atoms with Gasteiger partial charge in [-0.1, -0.05) is 42.5 Å². The number of nitrogens with one attached hydrogen (secondary N) is 1. The highest BCUT2D eigenvalue weighted by molar-refractivity contribution is 7.92. The maximum atomic E-state index is 12.3. The largest absolute Gasteiger partial charge is 0.489 e. The highest BCUT2D eigenvalue weighted by Gasteiger charge is 2.16. The van der Waals surface area contributed by atoms with E-state index in [9.17, 15) is 13.7 Å². The number of benzene rings is 4. The molecule has 0 fully saturated rings. The molecule has 4 aromatic carbocycles. The molecule has 0 amide bonds. The number of hydrogen-bond donors (Lipinski definition) is 1. The summed E-state index contributed by atoms with van der Waals surface area (Å²) >= 11 is 0. The number of anilines is 2. The number of hydrogen-bond acceptors (Lipinski definition) is 7. The summed E-state index contributed by atoms with van der Waals surface area (Å²) in [6, 6.07) is 34.5. The first-order valence-corrected chi connectivity index (χ1v) is 16.2. The third-order valence-electron chi connectivity index (χ3n) is 7.21. The van der Waals surface area contributed by atoms with Crippen LogP contribution in [0.15, 0.2) is 116 Å². The standard InChI is InChI=1S/C36H34N4O4S/c1-3-45(41,42)39-35-10-5-11-36(27(35)2)40(24-29-14-12-28(22-37)13-15-29)25-30-16-18-32(19-17-30)44-34-9-4-8-33(21-34)43-26-31-7-6-20-38-23-31/h4-21,23,39H,3,24-26H2,1-2H3. The van der Waals surface area contributed by atoms with Crippen molar-refractivity contribution in [2.75, 3.05) is 15.4 Å². The molecule has 0 aliphatic rings. The third kappa shape index (κ3) is 8.62. The Morgan fingerprint density at radius 1 is 0.822 bits per heavy atom. The quantitative estimate of drug-likeness (QED) is 0.145. The second-order valence-corrected chi connectivity index (χ2v) is 12.5. The van der Waals surface area contributed by atoms with E-state index in [1.807, 2.05) is 91.9 Å². The van der Waals surface area contributed by atoms with E-state index in [1.54, 1.807) is 37.5 Å². The number of nitrogens with zero attached hydrogens (tertiary/aromatic N) is 3. The molecule has 0 saturated carbocycles. The fourth-order valence-electron chi connectivity index (χ4n) is 4.74. The van der Waals surface area contributed by atoms with E-state index in [1.165, 1.54) is 0 Å². The molecule has 1 N–H and O–H groups in total. The Morgan fingerprint density at radius 2 is 1.51 bits per heavy atom. The lowest BCUT2D eigenvalue weighted by molar-refractivity contribution is 0.304. The van der Waals surface area contributed by atoms with E-state index in [0.29, 0.717) is 48.2 Å². The van der Waals surface area contributed by atoms with E-state index in [-0.39, 0.29) is 5.75 Å². The fraction of sp³-hybridized carbons (Fsp3) is 0.167. The summed E-state index contributed by atoms with van der Waals surface area (Å²) in [5.74, 6) is 2.04. The molecule has 9 heteroatoms. The summed E-state index contributed by atoms with van der Waals surface area (Å²) < 4.78 is 39.4. The van der Waals surface area contributed by atoms with Gasteiger partial charge in [-0.05, 0) is 85.1 Å². The van der Waals surface area contributed by atoms with Gasteiger partial charge in [0.15, 0.2) is 0 Å². The molecule has 45 heavy (non-hydrogen) atoms. The molecular formula is C36H34N4O4S. The van der Waals surface area contributed by atoms with Crippen molar-refractivity contribution >= 4 is 21.4 Å². The minimum atomic E-state index is -3.44. The molecule has 228 valence electrons. The lowest BCUT2D eigenvalue weighted by Gasteiger charge is -2.28. The predicted octanol–water partition coefficient (Wildman–Crippen LogP) is 7.60. The second kappa shape index (κ2) is 14.4. The molecule has 5 aromatic rings.